The number of rotatable bonds is 0. The van der Waals surface area contributed by atoms with Crippen LogP contribution in [-0.2, 0) is 32.2 Å². The Morgan fingerprint density at radius 1 is 0.405 bits per heavy atom. The SMILES string of the molecule is C1=Cc2ccccc2C1.CC.CC.CC.CC.CC.CC.CC.CC.CC.CC.c1cc2c(cn1)OCC2.c1ccc2[nH]ccc2c1.c1ccc2ncccc2c1.c1ccc2ocnc2c1.c1ccc2sccc2c1.c1ccc2scnc2c1.c1cnc2c(c1)CCC2.c1cnc2c(c1)N=NC2.c1ncc2ccoc2n1. The van der Waals surface area contributed by atoms with Crippen LogP contribution in [0.5, 0.6) is 5.75 Å². The number of oxazole rings is 1. The van der Waals surface area contributed by atoms with Crippen molar-refractivity contribution in [3.8, 4) is 5.75 Å². The number of aryl methyl sites for hydroxylation is 2. The molecule has 0 saturated carbocycles. The molecule has 2 aliphatic heterocycles. The Kier molecular flexibility index (Phi) is 58.0. The smallest absolute Gasteiger partial charge is 0.228 e. The summed E-state index contributed by atoms with van der Waals surface area (Å²) in [7, 11) is 0. The minimum atomic E-state index is 0.644. The van der Waals surface area contributed by atoms with Crippen molar-refractivity contribution in [1.82, 2.24) is 44.9 Å². The van der Waals surface area contributed by atoms with Crippen molar-refractivity contribution in [1.29, 1.82) is 0 Å². The van der Waals surface area contributed by atoms with Crippen LogP contribution in [0.2, 0.25) is 0 Å². The van der Waals surface area contributed by atoms with Crippen LogP contribution in [0.25, 0.3) is 70.4 Å². The Hall–Kier alpha value is -11.2. The van der Waals surface area contributed by atoms with Gasteiger partial charge in [-0.1, -0.05) is 266 Å². The molecule has 10 aromatic heterocycles. The summed E-state index contributed by atoms with van der Waals surface area (Å²) in [5.74, 6) is 0.956. The lowest BCUT2D eigenvalue weighted by molar-refractivity contribution is 0.355. The van der Waals surface area contributed by atoms with Crippen molar-refractivity contribution in [3.63, 3.8) is 0 Å². The highest BCUT2D eigenvalue weighted by atomic mass is 32.1. The summed E-state index contributed by atoms with van der Waals surface area (Å²) in [6, 6.07) is 69.0. The molecule has 20 rings (SSSR count). The van der Waals surface area contributed by atoms with Gasteiger partial charge >= 0.3 is 0 Å². The van der Waals surface area contributed by atoms with Crippen molar-refractivity contribution >= 4 is 98.7 Å². The zero-order chi connectivity index (χ0) is 81.8. The second-order valence-electron chi connectivity index (χ2n) is 20.3. The number of fused-ring (bicyclic) bond motifs is 10. The minimum absolute atomic E-state index is 0.644. The zero-order valence-corrected chi connectivity index (χ0v) is 71.3. The number of nitrogens with one attached hydrogen (secondary N) is 1. The number of furan rings is 1. The number of para-hydroxylation sites is 5. The van der Waals surface area contributed by atoms with Gasteiger partial charge in [0.05, 0.1) is 51.4 Å². The second-order valence-corrected chi connectivity index (χ2v) is 22.1. The van der Waals surface area contributed by atoms with E-state index in [2.05, 4.69) is 170 Å². The molecule has 1 N–H and O–H groups in total. The Balaban J connectivity index is 0.000000601. The molecule has 2 aliphatic carbocycles. The van der Waals surface area contributed by atoms with Crippen LogP contribution in [0.1, 0.15) is 179 Å². The molecule has 0 saturated heterocycles. The van der Waals surface area contributed by atoms with E-state index >= 15 is 0 Å². The maximum absolute atomic E-state index is 5.24. The number of aromatic nitrogens is 9. The molecule has 0 atom stereocenters. The molecule has 4 aliphatic rings. The number of hydrogen-bond donors (Lipinski definition) is 1. The number of benzene rings is 6. The number of ether oxygens (including phenoxy) is 1. The number of nitrogens with zero attached hydrogens (tertiary/aromatic N) is 10. The average Bonchev–Trinajstić information content (AvgIpc) is 1.80. The molecule has 0 radical (unpaired) electrons. The molecule has 12 heterocycles. The zero-order valence-electron chi connectivity index (χ0n) is 69.7. The van der Waals surface area contributed by atoms with Crippen LogP contribution < -0.4 is 4.74 Å². The fourth-order valence-corrected chi connectivity index (χ4v) is 11.1. The normalized spacial score (nSPS) is 10.3. The van der Waals surface area contributed by atoms with Gasteiger partial charge in [0.25, 0.3) is 0 Å². The monoisotopic (exact) mass is 1530 g/mol. The van der Waals surface area contributed by atoms with E-state index in [-0.39, 0.29) is 0 Å². The van der Waals surface area contributed by atoms with Crippen molar-refractivity contribution in [3.05, 3.63) is 319 Å². The fourth-order valence-electron chi connectivity index (χ4n) is 9.64. The van der Waals surface area contributed by atoms with E-state index in [4.69, 9.17) is 13.6 Å². The van der Waals surface area contributed by atoms with Gasteiger partial charge in [-0.05, 0) is 150 Å². The van der Waals surface area contributed by atoms with Gasteiger partial charge in [-0.25, -0.2) is 19.9 Å². The molecule has 6 aromatic carbocycles. The molecule has 16 aromatic rings. The first kappa shape index (κ1) is 97.8. The summed E-state index contributed by atoms with van der Waals surface area (Å²) in [5.41, 5.74) is 16.4. The predicted molar refractivity (Wildman–Crippen MR) is 482 cm³/mol. The van der Waals surface area contributed by atoms with Crippen molar-refractivity contribution in [2.75, 3.05) is 6.61 Å². The van der Waals surface area contributed by atoms with E-state index in [1.807, 2.05) is 272 Å². The van der Waals surface area contributed by atoms with E-state index in [1.165, 1.54) is 91.0 Å². The number of aromatic amines is 1. The van der Waals surface area contributed by atoms with E-state index in [9.17, 15) is 0 Å². The number of allylic oxidation sites excluding steroid dienone is 1. The Morgan fingerprint density at radius 3 is 1.69 bits per heavy atom. The van der Waals surface area contributed by atoms with Crippen molar-refractivity contribution in [2.24, 2.45) is 10.2 Å². The number of hydrogen-bond acceptors (Lipinski definition) is 15. The Morgan fingerprint density at radius 2 is 1.02 bits per heavy atom. The standard InChI is InChI=1S/C9H7N.C9H8.C8H9N.C8H7N.C8H6S.C7H7NO.C7H5NO.C7H5NS.C6H5N3.C6H4N2O.10C2H6/c1-2-6-9-8(4-1)5-3-7-10-9;1-2-5-9-7-3-6-8(9)4-1;1-3-7-4-2-6-9-8(7)5-1;2*1-2-4-8-7(3-1)5-6-9-8;1-3-8-5-7-6(1)2-4-9-7;2*1-2-4-7-6(3-1)8-5-9-7;1-2-5-6(7-3-1)4-8-9-5;1-2-9-6-5(1)3-7-4-8-6;10*1-2/h1-7H;1-6H,7H2;2,4,6H,1,3,5H2;1-6,9H;1-6H;1,3,5H,2,4H2;2*1-5H;1-3H,4H2;1-4H;10*1-2H3. The molecule has 0 fully saturated rings. The average molecular weight is 1530 g/mol. The number of thiazole rings is 1. The van der Waals surface area contributed by atoms with Crippen LogP contribution in [0, 0.1) is 0 Å². The Bertz CT molecular complexity index is 4120. The topological polar surface area (TPSA) is 179 Å². The van der Waals surface area contributed by atoms with Crippen LogP contribution in [0.3, 0.4) is 0 Å². The number of H-pyrrole nitrogens is 1. The van der Waals surface area contributed by atoms with Gasteiger partial charge in [0.1, 0.15) is 29.8 Å². The van der Waals surface area contributed by atoms with Crippen LogP contribution >= 0.6 is 22.7 Å². The molecular weight excluding hydrogens is 1410 g/mol. The van der Waals surface area contributed by atoms with E-state index in [0.717, 1.165) is 64.1 Å². The van der Waals surface area contributed by atoms with Crippen molar-refractivity contribution < 1.29 is 13.6 Å². The van der Waals surface area contributed by atoms with E-state index < -0.39 is 0 Å². The number of azo groups is 1. The quantitative estimate of drug-likeness (QED) is 0.153. The lowest BCUT2D eigenvalue weighted by atomic mass is 10.1. The molecule has 16 heteroatoms. The predicted octanol–water partition coefficient (Wildman–Crippen LogP) is 29.4. The first-order valence-corrected chi connectivity index (χ1v) is 41.4. The largest absolute Gasteiger partial charge is 0.491 e. The molecule has 0 amide bonds. The summed E-state index contributed by atoms with van der Waals surface area (Å²) in [6.45, 7) is 41.5. The maximum atomic E-state index is 5.24. The highest BCUT2D eigenvalue weighted by molar-refractivity contribution is 7.17. The van der Waals surface area contributed by atoms with E-state index in [1.54, 1.807) is 53.7 Å². The molecule has 588 valence electrons. The fraction of sp³-hybridized carbons (Fsp3) is 0.284. The van der Waals surface area contributed by atoms with E-state index in [0.29, 0.717) is 12.3 Å². The summed E-state index contributed by atoms with van der Waals surface area (Å²) in [4.78, 5) is 35.3. The molecule has 111 heavy (non-hydrogen) atoms. The van der Waals surface area contributed by atoms with Gasteiger partial charge in [-0.3, -0.25) is 19.9 Å². The number of thiophene rings is 1. The summed E-state index contributed by atoms with van der Waals surface area (Å²) in [6.07, 6.45) is 27.4. The van der Waals surface area contributed by atoms with Gasteiger partial charge in [0, 0.05) is 70.5 Å². The van der Waals surface area contributed by atoms with Crippen LogP contribution in [0.4, 0.5) is 5.69 Å². The van der Waals surface area contributed by atoms with Gasteiger partial charge in [0.15, 0.2) is 12.0 Å². The molecular formula is C95H123N11O3S2. The highest BCUT2D eigenvalue weighted by Crippen LogP contribution is 2.25. The highest BCUT2D eigenvalue weighted by Gasteiger charge is 2.11. The third-order valence-corrected chi connectivity index (χ3v) is 15.9. The van der Waals surface area contributed by atoms with Crippen molar-refractivity contribution in [2.45, 2.75) is 177 Å². The van der Waals surface area contributed by atoms with Gasteiger partial charge in [0.2, 0.25) is 5.71 Å². The summed E-state index contributed by atoms with van der Waals surface area (Å²) >= 11 is 3.46. The first-order valence-electron chi connectivity index (χ1n) is 39.6. The maximum Gasteiger partial charge on any atom is 0.228 e. The third kappa shape index (κ3) is 36.3. The Labute approximate surface area is 671 Å². The molecule has 0 spiro atoms. The van der Waals surface area contributed by atoms with Crippen LogP contribution in [0.15, 0.2) is 305 Å². The van der Waals surface area contributed by atoms with Gasteiger partial charge in [-0.2, -0.15) is 10.2 Å². The van der Waals surface area contributed by atoms with Crippen LogP contribution in [-0.4, -0.2) is 51.5 Å². The van der Waals surface area contributed by atoms with Gasteiger partial charge < -0.3 is 18.6 Å². The molecule has 0 bridgehead atoms. The molecule has 0 unspecified atom stereocenters. The first-order chi connectivity index (χ1) is 55.2. The number of pyridine rings is 4. The minimum Gasteiger partial charge on any atom is -0.491 e. The lowest BCUT2D eigenvalue weighted by Gasteiger charge is -1.93. The third-order valence-electron chi connectivity index (χ3n) is 14.2. The van der Waals surface area contributed by atoms with Gasteiger partial charge in [-0.15, -0.1) is 22.7 Å². The molecule has 14 nitrogen and oxygen atoms in total. The summed E-state index contributed by atoms with van der Waals surface area (Å²) in [5, 5.41) is 14.6. The lowest BCUT2D eigenvalue weighted by Crippen LogP contribution is -1.85. The summed E-state index contributed by atoms with van der Waals surface area (Å²) < 4.78 is 17.8. The second kappa shape index (κ2) is 65.8.